The largest absolute Gasteiger partial charge is 0.309 e. The van der Waals surface area contributed by atoms with Gasteiger partial charge in [-0.15, -0.1) is 11.3 Å². The number of para-hydroxylation sites is 2. The molecule has 0 spiro atoms. The number of fused-ring (bicyclic) bond motifs is 10. The maximum absolute atomic E-state index is 9.59. The Balaban J connectivity index is 1.16. The van der Waals surface area contributed by atoms with Crippen molar-refractivity contribution in [3.8, 4) is 28.6 Å². The van der Waals surface area contributed by atoms with Crippen LogP contribution in [0.3, 0.4) is 0 Å². The Morgan fingerprint density at radius 3 is 1.92 bits per heavy atom. The zero-order chi connectivity index (χ0) is 32.6. The Morgan fingerprint density at radius 1 is 0.531 bits per heavy atom. The fourth-order valence-corrected chi connectivity index (χ4v) is 8.83. The van der Waals surface area contributed by atoms with Crippen LogP contribution in [0.1, 0.15) is 5.56 Å². The first-order valence-corrected chi connectivity index (χ1v) is 16.9. The maximum atomic E-state index is 9.59. The number of rotatable bonds is 3. The molecular weight excluding hydrogens is 617 g/mol. The van der Waals surface area contributed by atoms with Gasteiger partial charge in [-0.1, -0.05) is 78.9 Å². The molecule has 0 radical (unpaired) electrons. The lowest BCUT2D eigenvalue weighted by atomic mass is 10.0. The summed E-state index contributed by atoms with van der Waals surface area (Å²) in [5.74, 6) is 0. The minimum Gasteiger partial charge on any atom is -0.309 e. The molecule has 0 saturated carbocycles. The van der Waals surface area contributed by atoms with Gasteiger partial charge in [0.1, 0.15) is 0 Å². The zero-order valence-electron chi connectivity index (χ0n) is 26.1. The van der Waals surface area contributed by atoms with Crippen LogP contribution in [-0.2, 0) is 0 Å². The van der Waals surface area contributed by atoms with Crippen molar-refractivity contribution in [2.45, 2.75) is 0 Å². The van der Waals surface area contributed by atoms with Crippen LogP contribution in [0.5, 0.6) is 0 Å². The van der Waals surface area contributed by atoms with Crippen molar-refractivity contribution < 1.29 is 0 Å². The van der Waals surface area contributed by atoms with Crippen LogP contribution in [0, 0.1) is 17.9 Å². The van der Waals surface area contributed by atoms with Gasteiger partial charge >= 0.3 is 0 Å². The Kier molecular flexibility index (Phi) is 5.84. The molecule has 0 bridgehead atoms. The number of nitriles is 1. The summed E-state index contributed by atoms with van der Waals surface area (Å²) < 4.78 is 7.12. The molecule has 0 unspecified atom stereocenters. The van der Waals surface area contributed by atoms with Crippen LogP contribution in [0.15, 0.2) is 146 Å². The molecule has 0 aliphatic heterocycles. The number of thiophene rings is 1. The molecule has 49 heavy (non-hydrogen) atoms. The third-order valence-corrected chi connectivity index (χ3v) is 10.9. The molecule has 4 nitrogen and oxygen atoms in total. The lowest BCUT2D eigenvalue weighted by Crippen LogP contribution is -1.96. The van der Waals surface area contributed by atoms with Crippen LogP contribution in [0.25, 0.3) is 91.1 Å². The molecule has 3 aromatic heterocycles. The van der Waals surface area contributed by atoms with Crippen molar-refractivity contribution >= 4 is 80.8 Å². The first kappa shape index (κ1) is 27.5. The van der Waals surface area contributed by atoms with Crippen molar-refractivity contribution in [3.05, 3.63) is 163 Å². The van der Waals surface area contributed by atoms with Gasteiger partial charge in [-0.3, -0.25) is 0 Å². The molecule has 0 atom stereocenters. The molecule has 0 amide bonds. The Bertz CT molecular complexity index is 3090. The van der Waals surface area contributed by atoms with Crippen LogP contribution in [-0.4, -0.2) is 9.13 Å². The summed E-state index contributed by atoms with van der Waals surface area (Å²) in [5, 5.41) is 16.6. The van der Waals surface area contributed by atoms with E-state index >= 15 is 0 Å². The minimum atomic E-state index is 0.661. The summed E-state index contributed by atoms with van der Waals surface area (Å²) in [5.41, 5.74) is 10.3. The Hall–Kier alpha value is -6.66. The number of nitrogens with zero attached hydrogens (tertiary/aromatic N) is 4. The molecule has 0 fully saturated rings. The van der Waals surface area contributed by atoms with Crippen molar-refractivity contribution in [1.29, 1.82) is 5.26 Å². The smallest absolute Gasteiger partial charge is 0.187 e. The van der Waals surface area contributed by atoms with Gasteiger partial charge in [0.25, 0.3) is 0 Å². The van der Waals surface area contributed by atoms with Gasteiger partial charge in [0.05, 0.1) is 40.3 Å². The van der Waals surface area contributed by atoms with Gasteiger partial charge in [0, 0.05) is 42.3 Å². The van der Waals surface area contributed by atoms with Gasteiger partial charge in [0.15, 0.2) is 5.69 Å². The second-order valence-corrected chi connectivity index (χ2v) is 13.4. The normalized spacial score (nSPS) is 11.6. The summed E-state index contributed by atoms with van der Waals surface area (Å²) in [6, 6.07) is 53.3. The summed E-state index contributed by atoms with van der Waals surface area (Å²) in [6.45, 7) is 7.54. The molecule has 10 rings (SSSR count). The van der Waals surface area contributed by atoms with Gasteiger partial charge in [-0.05, 0) is 88.6 Å². The van der Waals surface area contributed by atoms with Crippen LogP contribution >= 0.6 is 11.3 Å². The van der Waals surface area contributed by atoms with E-state index in [-0.39, 0.29) is 0 Å². The number of aromatic nitrogens is 2. The van der Waals surface area contributed by atoms with Crippen molar-refractivity contribution in [2.75, 3.05) is 0 Å². The third-order valence-electron chi connectivity index (χ3n) is 9.73. The number of hydrogen-bond acceptors (Lipinski definition) is 2. The molecule has 226 valence electrons. The minimum absolute atomic E-state index is 0.661. The highest BCUT2D eigenvalue weighted by Crippen LogP contribution is 2.44. The molecule has 3 heterocycles. The van der Waals surface area contributed by atoms with E-state index in [1.807, 2.05) is 24.3 Å². The third kappa shape index (κ3) is 4.01. The quantitative estimate of drug-likeness (QED) is 0.177. The van der Waals surface area contributed by atoms with Gasteiger partial charge in [-0.25, -0.2) is 4.85 Å². The molecule has 10 aromatic rings. The molecule has 7 aromatic carbocycles. The fraction of sp³-hybridized carbons (Fsp3) is 0. The summed E-state index contributed by atoms with van der Waals surface area (Å²) >= 11 is 1.80. The Labute approximate surface area is 285 Å². The molecule has 0 saturated heterocycles. The Morgan fingerprint density at radius 2 is 1.18 bits per heavy atom. The maximum Gasteiger partial charge on any atom is 0.187 e. The van der Waals surface area contributed by atoms with Crippen molar-refractivity contribution in [2.24, 2.45) is 0 Å². The molecule has 0 aliphatic carbocycles. The molecular formula is C44H24N4S. The first-order chi connectivity index (χ1) is 24.2. The summed E-state index contributed by atoms with van der Waals surface area (Å²) in [7, 11) is 0. The average molecular weight is 641 g/mol. The second-order valence-electron chi connectivity index (χ2n) is 12.4. The van der Waals surface area contributed by atoms with E-state index in [4.69, 9.17) is 6.57 Å². The first-order valence-electron chi connectivity index (χ1n) is 16.1. The highest BCUT2D eigenvalue weighted by atomic mass is 32.1. The van der Waals surface area contributed by atoms with Gasteiger partial charge in [-0.2, -0.15) is 5.26 Å². The van der Waals surface area contributed by atoms with Gasteiger partial charge in [0.2, 0.25) is 0 Å². The van der Waals surface area contributed by atoms with E-state index in [0.29, 0.717) is 11.3 Å². The van der Waals surface area contributed by atoms with E-state index in [9.17, 15) is 5.26 Å². The van der Waals surface area contributed by atoms with Crippen LogP contribution < -0.4 is 0 Å². The average Bonchev–Trinajstić information content (AvgIpc) is 3.82. The lowest BCUT2D eigenvalue weighted by Gasteiger charge is -2.13. The highest BCUT2D eigenvalue weighted by molar-refractivity contribution is 7.26. The number of benzene rings is 7. The molecule has 5 heteroatoms. The monoisotopic (exact) mass is 640 g/mol. The second kappa shape index (κ2) is 10.4. The number of hydrogen-bond donors (Lipinski definition) is 0. The summed E-state index contributed by atoms with van der Waals surface area (Å²) in [6.07, 6.45) is 0. The van der Waals surface area contributed by atoms with Gasteiger partial charge < -0.3 is 9.13 Å². The van der Waals surface area contributed by atoms with Crippen molar-refractivity contribution in [3.63, 3.8) is 0 Å². The van der Waals surface area contributed by atoms with E-state index < -0.39 is 0 Å². The zero-order valence-corrected chi connectivity index (χ0v) is 26.9. The topological polar surface area (TPSA) is 38.0 Å². The molecule has 0 N–H and O–H groups in total. The van der Waals surface area contributed by atoms with E-state index in [2.05, 4.69) is 141 Å². The standard InChI is InChI=1S/C44H24N4S/c1-46-30-17-21-42-37(25-30)34-18-20-41-43(44(34)49-42)35-13-3-5-15-39(35)48(41)32-11-7-9-29(24-32)28-8-6-10-31(23-28)47-38-14-4-2-12-33(38)36-22-27(26-45)16-19-40(36)47/h2-25H. The van der Waals surface area contributed by atoms with E-state index in [1.165, 1.54) is 31.1 Å². The lowest BCUT2D eigenvalue weighted by molar-refractivity contribution is 1.17. The predicted molar refractivity (Wildman–Crippen MR) is 204 cm³/mol. The predicted octanol–water partition coefficient (Wildman–Crippen LogP) is 12.3. The SMILES string of the molecule is [C-]#[N+]c1ccc2sc3c(ccc4c3c3ccccc3n4-c3cccc(-c4cccc(-n5c6ccccc6c6cc(C#N)ccc65)c4)c3)c2c1. The molecule has 0 aliphatic rings. The fourth-order valence-electron chi connectivity index (χ4n) is 7.59. The summed E-state index contributed by atoms with van der Waals surface area (Å²) in [4.78, 5) is 3.69. The van der Waals surface area contributed by atoms with Crippen molar-refractivity contribution in [1.82, 2.24) is 9.13 Å². The van der Waals surface area contributed by atoms with Crippen LogP contribution in [0.4, 0.5) is 5.69 Å². The highest BCUT2D eigenvalue weighted by Gasteiger charge is 2.18. The van der Waals surface area contributed by atoms with E-state index in [0.717, 1.165) is 55.2 Å². The van der Waals surface area contributed by atoms with Crippen LogP contribution in [0.2, 0.25) is 0 Å². The van der Waals surface area contributed by atoms with E-state index in [1.54, 1.807) is 11.3 Å².